The molecule has 0 bridgehead atoms. The number of piperidine rings is 1. The van der Waals surface area contributed by atoms with E-state index in [0.717, 1.165) is 50.6 Å². The summed E-state index contributed by atoms with van der Waals surface area (Å²) in [7, 11) is 0. The van der Waals surface area contributed by atoms with Crippen LogP contribution in [0.3, 0.4) is 0 Å². The van der Waals surface area contributed by atoms with Gasteiger partial charge in [0, 0.05) is 12.1 Å². The van der Waals surface area contributed by atoms with E-state index in [1.165, 1.54) is 12.1 Å². The Labute approximate surface area is 143 Å². The fourth-order valence-corrected chi connectivity index (χ4v) is 3.96. The van der Waals surface area contributed by atoms with E-state index in [2.05, 4.69) is 17.6 Å². The van der Waals surface area contributed by atoms with Gasteiger partial charge in [0.05, 0.1) is 5.41 Å². The molecule has 0 spiro atoms. The Morgan fingerprint density at radius 2 is 2.04 bits per heavy atom. The number of hydrogen-bond donors (Lipinski definition) is 2. The number of carbonyl (C=O) groups excluding carboxylic acids is 1. The van der Waals surface area contributed by atoms with Crippen LogP contribution in [0.25, 0.3) is 0 Å². The fourth-order valence-electron chi connectivity index (χ4n) is 3.96. The van der Waals surface area contributed by atoms with Gasteiger partial charge in [-0.25, -0.2) is 4.39 Å². The first-order valence-electron chi connectivity index (χ1n) is 8.42. The molecule has 1 heterocycles. The van der Waals surface area contributed by atoms with Crippen LogP contribution in [0.2, 0.25) is 0 Å². The second-order valence-electron chi connectivity index (χ2n) is 6.76. The van der Waals surface area contributed by atoms with Crippen LogP contribution in [-0.2, 0) is 10.2 Å². The summed E-state index contributed by atoms with van der Waals surface area (Å²) >= 11 is 0. The molecule has 0 radical (unpaired) electrons. The van der Waals surface area contributed by atoms with Crippen LogP contribution < -0.4 is 10.6 Å². The Bertz CT molecular complexity index is 546. The third kappa shape index (κ3) is 3.69. The molecule has 128 valence electrons. The number of hydrogen-bond acceptors (Lipinski definition) is 2. The molecule has 1 aromatic carbocycles. The van der Waals surface area contributed by atoms with Gasteiger partial charge < -0.3 is 10.6 Å². The molecule has 2 N–H and O–H groups in total. The van der Waals surface area contributed by atoms with Crippen LogP contribution in [0.4, 0.5) is 4.39 Å². The van der Waals surface area contributed by atoms with E-state index in [-0.39, 0.29) is 30.2 Å². The quantitative estimate of drug-likeness (QED) is 0.886. The maximum absolute atomic E-state index is 13.6. The molecule has 5 heteroatoms. The Hall–Kier alpha value is -1.13. The van der Waals surface area contributed by atoms with E-state index < -0.39 is 5.41 Å². The van der Waals surface area contributed by atoms with Gasteiger partial charge in [-0.2, -0.15) is 0 Å². The van der Waals surface area contributed by atoms with Crippen LogP contribution in [0.1, 0.15) is 51.0 Å². The zero-order valence-electron chi connectivity index (χ0n) is 13.6. The van der Waals surface area contributed by atoms with Crippen molar-refractivity contribution in [3.63, 3.8) is 0 Å². The van der Waals surface area contributed by atoms with Crippen molar-refractivity contribution >= 4 is 18.3 Å². The Balaban J connectivity index is 0.00000192. The van der Waals surface area contributed by atoms with Gasteiger partial charge in [-0.3, -0.25) is 4.79 Å². The van der Waals surface area contributed by atoms with E-state index >= 15 is 0 Å². The third-order valence-electron chi connectivity index (χ3n) is 5.35. The van der Waals surface area contributed by atoms with E-state index in [1.54, 1.807) is 6.07 Å². The van der Waals surface area contributed by atoms with Gasteiger partial charge in [-0.1, -0.05) is 25.0 Å². The van der Waals surface area contributed by atoms with Crippen LogP contribution in [0, 0.1) is 5.82 Å². The summed E-state index contributed by atoms with van der Waals surface area (Å²) in [6.45, 7) is 3.14. The topological polar surface area (TPSA) is 41.1 Å². The van der Waals surface area contributed by atoms with E-state index in [9.17, 15) is 9.18 Å². The molecule has 2 atom stereocenters. The minimum absolute atomic E-state index is 0. The number of rotatable bonds is 3. The third-order valence-corrected chi connectivity index (χ3v) is 5.35. The molecule has 1 aromatic rings. The highest BCUT2D eigenvalue weighted by molar-refractivity contribution is 5.89. The normalized spacial score (nSPS) is 26.3. The summed E-state index contributed by atoms with van der Waals surface area (Å²) in [5, 5.41) is 6.66. The maximum Gasteiger partial charge on any atom is 0.230 e. The molecule has 1 saturated heterocycles. The lowest BCUT2D eigenvalue weighted by Crippen LogP contribution is -2.55. The summed E-state index contributed by atoms with van der Waals surface area (Å²) in [6.07, 6.45) is 5.79. The monoisotopic (exact) mass is 340 g/mol. The molecule has 2 fully saturated rings. The van der Waals surface area contributed by atoms with Crippen molar-refractivity contribution < 1.29 is 9.18 Å². The Morgan fingerprint density at radius 1 is 1.30 bits per heavy atom. The number of amides is 1. The minimum atomic E-state index is -0.542. The van der Waals surface area contributed by atoms with Crippen molar-refractivity contribution in [1.82, 2.24) is 10.6 Å². The zero-order chi connectivity index (χ0) is 15.6. The smallest absolute Gasteiger partial charge is 0.230 e. The predicted molar refractivity (Wildman–Crippen MR) is 92.4 cm³/mol. The molecule has 3 rings (SSSR count). The average Bonchev–Trinajstić information content (AvgIpc) is 3.00. The summed E-state index contributed by atoms with van der Waals surface area (Å²) in [6, 6.07) is 7.06. The van der Waals surface area contributed by atoms with Crippen molar-refractivity contribution in [3.8, 4) is 0 Å². The molecule has 2 aliphatic rings. The van der Waals surface area contributed by atoms with Crippen molar-refractivity contribution in [2.24, 2.45) is 0 Å². The van der Waals surface area contributed by atoms with E-state index in [1.807, 2.05) is 6.07 Å². The second kappa shape index (κ2) is 7.63. The van der Waals surface area contributed by atoms with Gasteiger partial charge in [0.1, 0.15) is 5.82 Å². The fraction of sp³-hybridized carbons (Fsp3) is 0.611. The summed E-state index contributed by atoms with van der Waals surface area (Å²) in [4.78, 5) is 13.0. The molecular formula is C18H26ClFN2O. The van der Waals surface area contributed by atoms with Gasteiger partial charge in [0.15, 0.2) is 0 Å². The van der Waals surface area contributed by atoms with Gasteiger partial charge in [0.25, 0.3) is 0 Å². The summed E-state index contributed by atoms with van der Waals surface area (Å²) < 4.78 is 13.6. The first kappa shape index (κ1) is 18.2. The molecule has 1 saturated carbocycles. The zero-order valence-corrected chi connectivity index (χ0v) is 14.4. The van der Waals surface area contributed by atoms with Gasteiger partial charge >= 0.3 is 0 Å². The summed E-state index contributed by atoms with van der Waals surface area (Å²) in [5.41, 5.74) is 0.290. The lowest BCUT2D eigenvalue weighted by atomic mass is 9.77. The molecule has 3 nitrogen and oxygen atoms in total. The molecular weight excluding hydrogens is 315 g/mol. The van der Waals surface area contributed by atoms with E-state index in [0.29, 0.717) is 6.04 Å². The lowest BCUT2D eigenvalue weighted by molar-refractivity contribution is -0.127. The van der Waals surface area contributed by atoms with Crippen molar-refractivity contribution in [1.29, 1.82) is 0 Å². The average molecular weight is 341 g/mol. The van der Waals surface area contributed by atoms with Crippen LogP contribution in [0.5, 0.6) is 0 Å². The minimum Gasteiger partial charge on any atom is -0.351 e. The highest BCUT2D eigenvalue weighted by Crippen LogP contribution is 2.41. The number of nitrogens with one attached hydrogen (secondary N) is 2. The van der Waals surface area contributed by atoms with E-state index in [4.69, 9.17) is 0 Å². The number of carbonyl (C=O) groups is 1. The molecule has 1 aliphatic heterocycles. The van der Waals surface area contributed by atoms with Crippen molar-refractivity contribution in [2.45, 2.75) is 62.9 Å². The Morgan fingerprint density at radius 3 is 2.70 bits per heavy atom. The highest BCUT2D eigenvalue weighted by Gasteiger charge is 2.43. The molecule has 23 heavy (non-hydrogen) atoms. The largest absolute Gasteiger partial charge is 0.351 e. The standard InChI is InChI=1S/C18H25FN2O.ClH/c1-13-16(8-5-11-20-13)21-17(22)18(9-2-3-10-18)14-6-4-7-15(19)12-14;/h4,6-7,12-13,16,20H,2-3,5,8-11H2,1H3,(H,21,22);1H. The van der Waals surface area contributed by atoms with Gasteiger partial charge in [-0.15, -0.1) is 12.4 Å². The molecule has 1 aliphatic carbocycles. The Kier molecular flexibility index (Phi) is 6.04. The van der Waals surface area contributed by atoms with Crippen LogP contribution in [0.15, 0.2) is 24.3 Å². The van der Waals surface area contributed by atoms with Gasteiger partial charge in [0.2, 0.25) is 5.91 Å². The first-order chi connectivity index (χ1) is 10.6. The van der Waals surface area contributed by atoms with Crippen molar-refractivity contribution in [3.05, 3.63) is 35.6 Å². The van der Waals surface area contributed by atoms with Gasteiger partial charge in [-0.05, 0) is 56.8 Å². The second-order valence-corrected chi connectivity index (χ2v) is 6.76. The van der Waals surface area contributed by atoms with Crippen LogP contribution >= 0.6 is 12.4 Å². The molecule has 1 amide bonds. The lowest BCUT2D eigenvalue weighted by Gasteiger charge is -2.35. The summed E-state index contributed by atoms with van der Waals surface area (Å²) in [5.74, 6) is -0.180. The molecule has 0 aromatic heterocycles. The molecule has 2 unspecified atom stereocenters. The SMILES string of the molecule is CC1NCCCC1NC(=O)C1(c2cccc(F)c2)CCCC1.Cl. The predicted octanol–water partition coefficient (Wildman–Crippen LogP) is 3.32. The maximum atomic E-state index is 13.6. The van der Waals surface area contributed by atoms with Crippen molar-refractivity contribution in [2.75, 3.05) is 6.54 Å². The number of halogens is 2. The first-order valence-corrected chi connectivity index (χ1v) is 8.42. The number of benzene rings is 1. The van der Waals surface area contributed by atoms with Crippen LogP contribution in [-0.4, -0.2) is 24.5 Å². The highest BCUT2D eigenvalue weighted by atomic mass is 35.5.